The summed E-state index contributed by atoms with van der Waals surface area (Å²) in [7, 11) is 0. The van der Waals surface area contributed by atoms with E-state index in [4.69, 9.17) is 15.6 Å². The van der Waals surface area contributed by atoms with E-state index in [0.29, 0.717) is 6.61 Å². The zero-order valence-corrected chi connectivity index (χ0v) is 9.48. The second-order valence-corrected chi connectivity index (χ2v) is 4.35. The fourth-order valence-corrected chi connectivity index (χ4v) is 2.13. The highest BCUT2D eigenvalue weighted by molar-refractivity contribution is 5.41. The molecule has 0 saturated carbocycles. The lowest BCUT2D eigenvalue weighted by molar-refractivity contribution is 0.205. The Bertz CT molecular complexity index is 352. The first kappa shape index (κ1) is 11.4. The van der Waals surface area contributed by atoms with Crippen LogP contribution in [0.1, 0.15) is 24.0 Å². The molecule has 1 aliphatic carbocycles. The molecule has 0 amide bonds. The van der Waals surface area contributed by atoms with Crippen LogP contribution in [0.3, 0.4) is 0 Å². The number of benzene rings is 1. The van der Waals surface area contributed by atoms with Crippen LogP contribution in [0, 0.1) is 0 Å². The van der Waals surface area contributed by atoms with E-state index < -0.39 is 0 Å². The van der Waals surface area contributed by atoms with E-state index in [1.807, 2.05) is 12.1 Å². The highest BCUT2D eigenvalue weighted by Gasteiger charge is 2.14. The smallest absolute Gasteiger partial charge is 0.122 e. The molecular formula is C13H19NO2. The van der Waals surface area contributed by atoms with Crippen LogP contribution in [0.15, 0.2) is 18.2 Å². The zero-order chi connectivity index (χ0) is 11.4. The lowest BCUT2D eigenvalue weighted by Gasteiger charge is -2.20. The minimum atomic E-state index is -0.292. The van der Waals surface area contributed by atoms with Crippen molar-refractivity contribution in [1.29, 1.82) is 0 Å². The third-order valence-corrected chi connectivity index (χ3v) is 3.04. The molecule has 1 unspecified atom stereocenters. The van der Waals surface area contributed by atoms with Crippen molar-refractivity contribution in [2.75, 3.05) is 13.2 Å². The standard InChI is InChI=1S/C13H19NO2/c14-11(8-15)9-16-13-7-3-5-10-4-1-2-6-12(10)13/h3,5,7,11,15H,1-2,4,6,8-9,14H2. The van der Waals surface area contributed by atoms with Gasteiger partial charge in [0.1, 0.15) is 12.4 Å². The Morgan fingerprint density at radius 3 is 2.94 bits per heavy atom. The normalized spacial score (nSPS) is 16.6. The van der Waals surface area contributed by atoms with E-state index in [1.54, 1.807) is 0 Å². The highest BCUT2D eigenvalue weighted by atomic mass is 16.5. The van der Waals surface area contributed by atoms with Crippen molar-refractivity contribution in [3.63, 3.8) is 0 Å². The molecule has 3 nitrogen and oxygen atoms in total. The van der Waals surface area contributed by atoms with Crippen molar-refractivity contribution in [3.8, 4) is 5.75 Å². The molecule has 0 spiro atoms. The van der Waals surface area contributed by atoms with E-state index in [9.17, 15) is 0 Å². The Morgan fingerprint density at radius 2 is 2.12 bits per heavy atom. The number of rotatable bonds is 4. The Balaban J connectivity index is 2.08. The van der Waals surface area contributed by atoms with E-state index in [1.165, 1.54) is 24.0 Å². The maximum atomic E-state index is 8.85. The van der Waals surface area contributed by atoms with Crippen LogP contribution in [0.5, 0.6) is 5.75 Å². The summed E-state index contributed by atoms with van der Waals surface area (Å²) < 4.78 is 5.67. The van der Waals surface area contributed by atoms with Crippen LogP contribution < -0.4 is 10.5 Å². The summed E-state index contributed by atoms with van der Waals surface area (Å²) in [6, 6.07) is 5.91. The van der Waals surface area contributed by atoms with Crippen LogP contribution in [0.4, 0.5) is 0 Å². The minimum Gasteiger partial charge on any atom is -0.492 e. The predicted molar refractivity (Wildman–Crippen MR) is 63.6 cm³/mol. The van der Waals surface area contributed by atoms with E-state index in [-0.39, 0.29) is 12.6 Å². The molecule has 0 radical (unpaired) electrons. The fourth-order valence-electron chi connectivity index (χ4n) is 2.13. The summed E-state index contributed by atoms with van der Waals surface area (Å²) in [6.45, 7) is 0.349. The summed E-state index contributed by atoms with van der Waals surface area (Å²) >= 11 is 0. The third-order valence-electron chi connectivity index (χ3n) is 3.04. The van der Waals surface area contributed by atoms with E-state index >= 15 is 0 Å². The van der Waals surface area contributed by atoms with Gasteiger partial charge in [-0.1, -0.05) is 12.1 Å². The Morgan fingerprint density at radius 1 is 1.31 bits per heavy atom. The van der Waals surface area contributed by atoms with Gasteiger partial charge in [0.2, 0.25) is 0 Å². The van der Waals surface area contributed by atoms with Gasteiger partial charge in [0.25, 0.3) is 0 Å². The maximum absolute atomic E-state index is 8.85. The van der Waals surface area contributed by atoms with Crippen LogP contribution in [-0.2, 0) is 12.8 Å². The van der Waals surface area contributed by atoms with Crippen LogP contribution >= 0.6 is 0 Å². The third kappa shape index (κ3) is 2.54. The van der Waals surface area contributed by atoms with Gasteiger partial charge < -0.3 is 15.6 Å². The van der Waals surface area contributed by atoms with Crippen molar-refractivity contribution < 1.29 is 9.84 Å². The Labute approximate surface area is 96.2 Å². The molecule has 2 rings (SSSR count). The minimum absolute atomic E-state index is 0.0327. The number of nitrogens with two attached hydrogens (primary N) is 1. The van der Waals surface area contributed by atoms with Gasteiger partial charge in [-0.25, -0.2) is 0 Å². The molecular weight excluding hydrogens is 202 g/mol. The number of hydrogen-bond acceptors (Lipinski definition) is 3. The summed E-state index contributed by atoms with van der Waals surface area (Å²) in [4.78, 5) is 0. The molecule has 3 N–H and O–H groups in total. The zero-order valence-electron chi connectivity index (χ0n) is 9.48. The lowest BCUT2D eigenvalue weighted by Crippen LogP contribution is -2.31. The number of ether oxygens (including phenoxy) is 1. The molecule has 0 saturated heterocycles. The monoisotopic (exact) mass is 221 g/mol. The summed E-state index contributed by atoms with van der Waals surface area (Å²) in [6.07, 6.45) is 4.75. The van der Waals surface area contributed by atoms with Crippen molar-refractivity contribution in [1.82, 2.24) is 0 Å². The first-order valence-corrected chi connectivity index (χ1v) is 5.91. The highest BCUT2D eigenvalue weighted by Crippen LogP contribution is 2.29. The SMILES string of the molecule is NC(CO)COc1cccc2c1CCCC2. The van der Waals surface area contributed by atoms with Crippen molar-refractivity contribution in [3.05, 3.63) is 29.3 Å². The molecule has 88 valence electrons. The van der Waals surface area contributed by atoms with Crippen LogP contribution in [0.2, 0.25) is 0 Å². The van der Waals surface area contributed by atoms with Gasteiger partial charge >= 0.3 is 0 Å². The molecule has 0 heterocycles. The van der Waals surface area contributed by atoms with Crippen molar-refractivity contribution in [2.24, 2.45) is 5.73 Å². The summed E-state index contributed by atoms with van der Waals surface area (Å²) in [5, 5.41) is 8.85. The van der Waals surface area contributed by atoms with Gasteiger partial charge in [0.15, 0.2) is 0 Å². The Kier molecular flexibility index (Phi) is 3.80. The van der Waals surface area contributed by atoms with Crippen LogP contribution in [-0.4, -0.2) is 24.4 Å². The topological polar surface area (TPSA) is 55.5 Å². The second-order valence-electron chi connectivity index (χ2n) is 4.35. The molecule has 0 fully saturated rings. The van der Waals surface area contributed by atoms with E-state index in [2.05, 4.69) is 6.07 Å². The molecule has 1 aromatic carbocycles. The van der Waals surface area contributed by atoms with Crippen LogP contribution in [0.25, 0.3) is 0 Å². The number of fused-ring (bicyclic) bond motifs is 1. The molecule has 3 heteroatoms. The quantitative estimate of drug-likeness (QED) is 0.805. The molecule has 0 bridgehead atoms. The molecule has 1 aromatic rings. The molecule has 0 aliphatic heterocycles. The average molecular weight is 221 g/mol. The van der Waals surface area contributed by atoms with Gasteiger partial charge in [0, 0.05) is 0 Å². The molecule has 16 heavy (non-hydrogen) atoms. The summed E-state index contributed by atoms with van der Waals surface area (Å²) in [5.41, 5.74) is 8.36. The van der Waals surface area contributed by atoms with Crippen molar-refractivity contribution >= 4 is 0 Å². The molecule has 1 atom stereocenters. The number of aryl methyl sites for hydroxylation is 1. The van der Waals surface area contributed by atoms with Gasteiger partial charge in [-0.2, -0.15) is 0 Å². The Hall–Kier alpha value is -1.06. The first-order valence-electron chi connectivity index (χ1n) is 5.91. The molecule has 1 aliphatic rings. The largest absolute Gasteiger partial charge is 0.492 e. The second kappa shape index (κ2) is 5.32. The number of hydrogen-bond donors (Lipinski definition) is 2. The first-order chi connectivity index (χ1) is 7.81. The molecule has 0 aromatic heterocycles. The lowest BCUT2D eigenvalue weighted by atomic mass is 9.91. The van der Waals surface area contributed by atoms with Gasteiger partial charge in [-0.15, -0.1) is 0 Å². The van der Waals surface area contributed by atoms with Gasteiger partial charge in [-0.05, 0) is 42.9 Å². The average Bonchev–Trinajstić information content (AvgIpc) is 2.35. The van der Waals surface area contributed by atoms with Gasteiger partial charge in [-0.3, -0.25) is 0 Å². The summed E-state index contributed by atoms with van der Waals surface area (Å²) in [5.74, 6) is 0.945. The number of aliphatic hydroxyl groups excluding tert-OH is 1. The predicted octanol–water partition coefficient (Wildman–Crippen LogP) is 1.26. The van der Waals surface area contributed by atoms with E-state index in [0.717, 1.165) is 18.6 Å². The van der Waals surface area contributed by atoms with Crippen molar-refractivity contribution in [2.45, 2.75) is 31.7 Å². The maximum Gasteiger partial charge on any atom is 0.122 e. The number of aliphatic hydroxyl groups is 1. The fraction of sp³-hybridized carbons (Fsp3) is 0.538. The van der Waals surface area contributed by atoms with Gasteiger partial charge in [0.05, 0.1) is 12.6 Å².